The van der Waals surface area contributed by atoms with Gasteiger partial charge in [-0.15, -0.1) is 0 Å². The molecule has 0 atom stereocenters. The molecule has 86 valence electrons. The van der Waals surface area contributed by atoms with Gasteiger partial charge in [-0.2, -0.15) is 0 Å². The molecule has 0 radical (unpaired) electrons. The third-order valence-corrected chi connectivity index (χ3v) is 3.05. The maximum absolute atomic E-state index is 10.9. The fourth-order valence-corrected chi connectivity index (χ4v) is 1.99. The lowest BCUT2D eigenvalue weighted by atomic mass is 9.85. The molecular weight excluding hydrogens is 210 g/mol. The van der Waals surface area contributed by atoms with E-state index in [1.165, 1.54) is 0 Å². The fourth-order valence-electron chi connectivity index (χ4n) is 1.99. The van der Waals surface area contributed by atoms with Crippen molar-refractivity contribution in [2.45, 2.75) is 12.5 Å². The molecule has 0 aliphatic carbocycles. The van der Waals surface area contributed by atoms with Crippen LogP contribution in [0.2, 0.25) is 0 Å². The minimum atomic E-state index is -0.482. The summed E-state index contributed by atoms with van der Waals surface area (Å²) in [6.45, 7) is 2.01. The first kappa shape index (κ1) is 11.4. The van der Waals surface area contributed by atoms with Crippen LogP contribution in [0, 0.1) is 0 Å². The number of benzene rings is 2. The Morgan fingerprint density at radius 2 is 1.29 bits per heavy atom. The summed E-state index contributed by atoms with van der Waals surface area (Å²) in [6, 6.07) is 19.9. The predicted molar refractivity (Wildman–Crippen MR) is 68.5 cm³/mol. The topological polar surface area (TPSA) is 29.1 Å². The molecule has 0 aliphatic heterocycles. The normalized spacial score (nSPS) is 10.9. The van der Waals surface area contributed by atoms with Crippen LogP contribution >= 0.6 is 0 Å². The molecule has 17 heavy (non-hydrogen) atoms. The van der Waals surface area contributed by atoms with Crippen LogP contribution in [0.1, 0.15) is 18.1 Å². The second kappa shape index (κ2) is 4.83. The van der Waals surface area contributed by atoms with Crippen LogP contribution in [0.25, 0.3) is 0 Å². The first-order valence-corrected chi connectivity index (χ1v) is 5.60. The van der Waals surface area contributed by atoms with Crippen LogP contribution < -0.4 is 5.32 Å². The highest BCUT2D eigenvalue weighted by Crippen LogP contribution is 2.28. The van der Waals surface area contributed by atoms with Gasteiger partial charge < -0.3 is 5.32 Å². The number of hydrogen-bond donors (Lipinski definition) is 1. The second-order valence-electron chi connectivity index (χ2n) is 4.12. The smallest absolute Gasteiger partial charge is 0.208 e. The van der Waals surface area contributed by atoms with Crippen molar-refractivity contribution in [3.8, 4) is 0 Å². The maximum Gasteiger partial charge on any atom is 0.208 e. The Morgan fingerprint density at radius 3 is 1.65 bits per heavy atom. The average molecular weight is 225 g/mol. The molecule has 1 N–H and O–H groups in total. The van der Waals surface area contributed by atoms with E-state index in [2.05, 4.69) is 5.32 Å². The molecule has 0 aliphatic rings. The second-order valence-corrected chi connectivity index (χ2v) is 4.12. The van der Waals surface area contributed by atoms with Gasteiger partial charge in [0.25, 0.3) is 0 Å². The van der Waals surface area contributed by atoms with E-state index in [4.69, 9.17) is 0 Å². The molecule has 2 rings (SSSR count). The number of carbonyl (C=O) groups is 1. The largest absolute Gasteiger partial charge is 0.345 e. The Hall–Kier alpha value is -2.09. The van der Waals surface area contributed by atoms with Crippen LogP contribution in [0.4, 0.5) is 0 Å². The van der Waals surface area contributed by atoms with E-state index in [0.717, 1.165) is 17.5 Å². The van der Waals surface area contributed by atoms with E-state index in [1.54, 1.807) is 0 Å². The van der Waals surface area contributed by atoms with Crippen molar-refractivity contribution in [1.82, 2.24) is 5.32 Å². The molecule has 0 aromatic heterocycles. The molecule has 0 saturated carbocycles. The van der Waals surface area contributed by atoms with E-state index in [-0.39, 0.29) is 0 Å². The zero-order chi connectivity index (χ0) is 12.1. The third-order valence-electron chi connectivity index (χ3n) is 3.05. The minimum Gasteiger partial charge on any atom is -0.345 e. The summed E-state index contributed by atoms with van der Waals surface area (Å²) >= 11 is 0. The molecule has 0 spiro atoms. The van der Waals surface area contributed by atoms with Crippen molar-refractivity contribution in [1.29, 1.82) is 0 Å². The summed E-state index contributed by atoms with van der Waals surface area (Å²) in [7, 11) is 0. The van der Waals surface area contributed by atoms with E-state index in [1.807, 2.05) is 67.6 Å². The van der Waals surface area contributed by atoms with Gasteiger partial charge >= 0.3 is 0 Å². The molecule has 0 unspecified atom stereocenters. The predicted octanol–water partition coefficient (Wildman–Crippen LogP) is 2.70. The summed E-state index contributed by atoms with van der Waals surface area (Å²) in [5.41, 5.74) is 1.65. The van der Waals surface area contributed by atoms with Crippen molar-refractivity contribution in [2.24, 2.45) is 0 Å². The number of amides is 1. The SMILES string of the molecule is CC(NC=O)(c1ccccc1)c1ccccc1. The molecule has 2 aromatic carbocycles. The van der Waals surface area contributed by atoms with E-state index in [9.17, 15) is 4.79 Å². The average Bonchev–Trinajstić information content (AvgIpc) is 2.41. The highest BCUT2D eigenvalue weighted by atomic mass is 16.1. The highest BCUT2D eigenvalue weighted by Gasteiger charge is 2.27. The van der Waals surface area contributed by atoms with Crippen LogP contribution in [0.5, 0.6) is 0 Å². The van der Waals surface area contributed by atoms with Gasteiger partial charge in [-0.1, -0.05) is 60.7 Å². The van der Waals surface area contributed by atoms with Crippen molar-refractivity contribution in [2.75, 3.05) is 0 Å². The van der Waals surface area contributed by atoms with E-state index < -0.39 is 5.54 Å². The highest BCUT2D eigenvalue weighted by molar-refractivity contribution is 5.53. The molecule has 1 amide bonds. The lowest BCUT2D eigenvalue weighted by molar-refractivity contribution is -0.110. The number of nitrogens with one attached hydrogen (secondary N) is 1. The molecule has 0 saturated heterocycles. The summed E-state index contributed by atoms with van der Waals surface area (Å²) < 4.78 is 0. The molecule has 0 fully saturated rings. The van der Waals surface area contributed by atoms with Crippen LogP contribution in [-0.2, 0) is 10.3 Å². The van der Waals surface area contributed by atoms with Gasteiger partial charge in [0.05, 0.1) is 5.54 Å². The van der Waals surface area contributed by atoms with Crippen molar-refractivity contribution in [3.05, 3.63) is 71.8 Å². The summed E-state index contributed by atoms with van der Waals surface area (Å²) in [5, 5.41) is 2.91. The van der Waals surface area contributed by atoms with E-state index >= 15 is 0 Å². The Balaban J connectivity index is 2.50. The molecule has 2 heteroatoms. The van der Waals surface area contributed by atoms with Gasteiger partial charge in [0.2, 0.25) is 6.41 Å². The molecule has 0 bridgehead atoms. The van der Waals surface area contributed by atoms with Crippen molar-refractivity contribution < 1.29 is 4.79 Å². The number of hydrogen-bond acceptors (Lipinski definition) is 1. The minimum absolute atomic E-state index is 0.482. The molecular formula is C15H15NO. The van der Waals surface area contributed by atoms with Gasteiger partial charge in [0.15, 0.2) is 0 Å². The van der Waals surface area contributed by atoms with Crippen molar-refractivity contribution in [3.63, 3.8) is 0 Å². The zero-order valence-electron chi connectivity index (χ0n) is 9.76. The Bertz CT molecular complexity index is 439. The zero-order valence-corrected chi connectivity index (χ0v) is 9.76. The Labute approximate surface area is 101 Å². The van der Waals surface area contributed by atoms with Gasteiger partial charge in [-0.05, 0) is 18.1 Å². The first-order valence-electron chi connectivity index (χ1n) is 5.60. The van der Waals surface area contributed by atoms with E-state index in [0.29, 0.717) is 0 Å². The monoisotopic (exact) mass is 225 g/mol. The standard InChI is InChI=1S/C15H15NO/c1-15(16-12-17,13-8-4-2-5-9-13)14-10-6-3-7-11-14/h2-12H,1H3,(H,16,17). The van der Waals surface area contributed by atoms with Gasteiger partial charge in [0.1, 0.15) is 0 Å². The lowest BCUT2D eigenvalue weighted by Gasteiger charge is -2.30. The molecule has 2 nitrogen and oxygen atoms in total. The Morgan fingerprint density at radius 1 is 0.882 bits per heavy atom. The summed E-state index contributed by atoms with van der Waals surface area (Å²) in [6.07, 6.45) is 0.750. The van der Waals surface area contributed by atoms with Gasteiger partial charge in [-0.3, -0.25) is 4.79 Å². The molecule has 0 heterocycles. The Kier molecular flexibility index (Phi) is 3.24. The first-order chi connectivity index (χ1) is 8.27. The maximum atomic E-state index is 10.9. The number of carbonyl (C=O) groups excluding carboxylic acids is 1. The summed E-state index contributed by atoms with van der Waals surface area (Å²) in [5.74, 6) is 0. The van der Waals surface area contributed by atoms with Crippen LogP contribution in [-0.4, -0.2) is 6.41 Å². The quantitative estimate of drug-likeness (QED) is 0.796. The molecule has 2 aromatic rings. The fraction of sp³-hybridized carbons (Fsp3) is 0.133. The van der Waals surface area contributed by atoms with Gasteiger partial charge in [-0.25, -0.2) is 0 Å². The van der Waals surface area contributed by atoms with Crippen LogP contribution in [0.15, 0.2) is 60.7 Å². The lowest BCUT2D eigenvalue weighted by Crippen LogP contribution is -2.39. The summed E-state index contributed by atoms with van der Waals surface area (Å²) in [4.78, 5) is 10.9. The van der Waals surface area contributed by atoms with Gasteiger partial charge in [0, 0.05) is 0 Å². The number of rotatable bonds is 4. The van der Waals surface area contributed by atoms with Crippen molar-refractivity contribution >= 4 is 6.41 Å². The third kappa shape index (κ3) is 2.21. The van der Waals surface area contributed by atoms with Crippen LogP contribution in [0.3, 0.4) is 0 Å².